The predicted molar refractivity (Wildman–Crippen MR) is 100 cm³/mol. The van der Waals surface area contributed by atoms with Crippen LogP contribution in [0.2, 0.25) is 0 Å². The van der Waals surface area contributed by atoms with E-state index in [4.69, 9.17) is 9.47 Å². The molecule has 0 bridgehead atoms. The molecule has 2 rings (SSSR count). The lowest BCUT2D eigenvalue weighted by Gasteiger charge is -2.42. The number of methoxy groups -OCH3 is 2. The van der Waals surface area contributed by atoms with Crippen LogP contribution in [0.25, 0.3) is 0 Å². The first-order valence-corrected chi connectivity index (χ1v) is 10.3. The molecule has 0 spiro atoms. The minimum Gasteiger partial charge on any atom is -0.383 e. The molecule has 0 aromatic heterocycles. The summed E-state index contributed by atoms with van der Waals surface area (Å²) in [6.07, 6.45) is 14.0. The molecule has 24 heavy (non-hydrogen) atoms. The quantitative estimate of drug-likeness (QED) is 0.566. The van der Waals surface area contributed by atoms with Gasteiger partial charge in [0.2, 0.25) is 0 Å². The zero-order valence-electron chi connectivity index (χ0n) is 16.0. The normalized spacial score (nSPS) is 23.2. The number of nitrogens with one attached hydrogen (secondary N) is 2. The summed E-state index contributed by atoms with van der Waals surface area (Å²) in [5.74, 6) is 1.63. The van der Waals surface area contributed by atoms with Gasteiger partial charge >= 0.3 is 0 Å². The molecule has 0 radical (unpaired) electrons. The molecular formula is C20H40N2O2. The summed E-state index contributed by atoms with van der Waals surface area (Å²) < 4.78 is 10.6. The maximum atomic E-state index is 5.30. The number of rotatable bonds is 11. The van der Waals surface area contributed by atoms with Crippen molar-refractivity contribution >= 4 is 0 Å². The third kappa shape index (κ3) is 6.62. The Kier molecular flexibility index (Phi) is 10.3. The van der Waals surface area contributed by atoms with Crippen molar-refractivity contribution in [2.75, 3.05) is 40.5 Å². The van der Waals surface area contributed by atoms with Crippen LogP contribution in [-0.4, -0.2) is 52.6 Å². The molecule has 2 unspecified atom stereocenters. The molecule has 2 aliphatic rings. The van der Waals surface area contributed by atoms with Crippen LogP contribution in [0.4, 0.5) is 0 Å². The van der Waals surface area contributed by atoms with Gasteiger partial charge in [-0.05, 0) is 37.5 Å². The SMILES string of the molecule is COCCNC(C1CCCCC1)C(NCCOC)C1CCCCC1. The highest BCUT2D eigenvalue weighted by molar-refractivity contribution is 4.94. The minimum absolute atomic E-state index is 0.584. The lowest BCUT2D eigenvalue weighted by Crippen LogP contribution is -2.57. The van der Waals surface area contributed by atoms with Crippen molar-refractivity contribution in [2.45, 2.75) is 76.3 Å². The molecule has 2 N–H and O–H groups in total. The highest BCUT2D eigenvalue weighted by Crippen LogP contribution is 2.34. The summed E-state index contributed by atoms with van der Waals surface area (Å²) in [7, 11) is 3.60. The van der Waals surface area contributed by atoms with Crippen LogP contribution in [-0.2, 0) is 9.47 Å². The third-order valence-corrected chi connectivity index (χ3v) is 6.07. The first-order valence-electron chi connectivity index (χ1n) is 10.3. The van der Waals surface area contributed by atoms with Crippen molar-refractivity contribution < 1.29 is 9.47 Å². The van der Waals surface area contributed by atoms with Gasteiger partial charge in [0.05, 0.1) is 13.2 Å². The van der Waals surface area contributed by atoms with E-state index in [0.29, 0.717) is 12.1 Å². The third-order valence-electron chi connectivity index (χ3n) is 6.07. The second-order valence-corrected chi connectivity index (χ2v) is 7.74. The lowest BCUT2D eigenvalue weighted by atomic mass is 9.74. The van der Waals surface area contributed by atoms with Gasteiger partial charge in [0, 0.05) is 39.4 Å². The average Bonchev–Trinajstić information content (AvgIpc) is 2.65. The van der Waals surface area contributed by atoms with E-state index in [-0.39, 0.29) is 0 Å². The fourth-order valence-electron chi connectivity index (χ4n) is 4.82. The standard InChI is InChI=1S/C20H40N2O2/c1-23-15-13-21-19(17-9-5-3-6-10-17)20(22-14-16-24-2)18-11-7-4-8-12-18/h17-22H,3-16H2,1-2H3. The lowest BCUT2D eigenvalue weighted by molar-refractivity contribution is 0.130. The van der Waals surface area contributed by atoms with Crippen LogP contribution in [0.15, 0.2) is 0 Å². The van der Waals surface area contributed by atoms with E-state index in [2.05, 4.69) is 10.6 Å². The van der Waals surface area contributed by atoms with E-state index in [1.165, 1.54) is 64.2 Å². The number of hydrogen-bond acceptors (Lipinski definition) is 4. The van der Waals surface area contributed by atoms with E-state index in [0.717, 1.165) is 38.1 Å². The highest BCUT2D eigenvalue weighted by Gasteiger charge is 2.35. The first-order chi connectivity index (χ1) is 11.9. The van der Waals surface area contributed by atoms with Crippen molar-refractivity contribution in [1.29, 1.82) is 0 Å². The van der Waals surface area contributed by atoms with Crippen molar-refractivity contribution in [3.8, 4) is 0 Å². The Labute approximate surface area is 149 Å². The fraction of sp³-hybridized carbons (Fsp3) is 1.00. The largest absolute Gasteiger partial charge is 0.383 e. The second kappa shape index (κ2) is 12.2. The predicted octanol–water partition coefficient (Wildman–Crippen LogP) is 3.36. The van der Waals surface area contributed by atoms with Crippen molar-refractivity contribution in [3.63, 3.8) is 0 Å². The zero-order chi connectivity index (χ0) is 17.0. The van der Waals surface area contributed by atoms with E-state index >= 15 is 0 Å². The summed E-state index contributed by atoms with van der Waals surface area (Å²) in [4.78, 5) is 0. The van der Waals surface area contributed by atoms with Crippen LogP contribution in [0.5, 0.6) is 0 Å². The number of ether oxygens (including phenoxy) is 2. The van der Waals surface area contributed by atoms with Crippen LogP contribution in [0.1, 0.15) is 64.2 Å². The first kappa shape index (κ1) is 20.2. The molecule has 0 saturated heterocycles. The van der Waals surface area contributed by atoms with E-state index < -0.39 is 0 Å². The van der Waals surface area contributed by atoms with Gasteiger partial charge in [-0.1, -0.05) is 38.5 Å². The van der Waals surface area contributed by atoms with Crippen LogP contribution in [0, 0.1) is 11.8 Å². The van der Waals surface area contributed by atoms with Gasteiger partial charge < -0.3 is 20.1 Å². The summed E-state index contributed by atoms with van der Waals surface area (Å²) in [6, 6.07) is 1.17. The molecule has 0 aromatic rings. The minimum atomic E-state index is 0.584. The van der Waals surface area contributed by atoms with E-state index in [9.17, 15) is 0 Å². The summed E-state index contributed by atoms with van der Waals surface area (Å²) in [5.41, 5.74) is 0. The molecule has 0 aromatic carbocycles. The van der Waals surface area contributed by atoms with E-state index in [1.54, 1.807) is 14.2 Å². The molecule has 2 saturated carbocycles. The summed E-state index contributed by atoms with van der Waals surface area (Å²) in [5, 5.41) is 7.77. The van der Waals surface area contributed by atoms with E-state index in [1.807, 2.05) is 0 Å². The van der Waals surface area contributed by atoms with Gasteiger partial charge in [0.25, 0.3) is 0 Å². The Morgan fingerprint density at radius 2 is 1.04 bits per heavy atom. The van der Waals surface area contributed by atoms with Gasteiger partial charge in [0.1, 0.15) is 0 Å². The highest BCUT2D eigenvalue weighted by atomic mass is 16.5. The maximum absolute atomic E-state index is 5.30. The van der Waals surface area contributed by atoms with Crippen LogP contribution < -0.4 is 10.6 Å². The molecule has 142 valence electrons. The molecular weight excluding hydrogens is 300 g/mol. The van der Waals surface area contributed by atoms with Gasteiger partial charge in [0.15, 0.2) is 0 Å². The monoisotopic (exact) mass is 340 g/mol. The van der Waals surface area contributed by atoms with Crippen molar-refractivity contribution in [1.82, 2.24) is 10.6 Å². The molecule has 4 heteroatoms. The zero-order valence-corrected chi connectivity index (χ0v) is 16.0. The summed E-state index contributed by atoms with van der Waals surface area (Å²) >= 11 is 0. The molecule has 0 amide bonds. The van der Waals surface area contributed by atoms with Gasteiger partial charge in [-0.2, -0.15) is 0 Å². The molecule has 4 nitrogen and oxygen atoms in total. The Morgan fingerprint density at radius 3 is 1.38 bits per heavy atom. The Balaban J connectivity index is 2.03. The fourth-order valence-corrected chi connectivity index (χ4v) is 4.82. The molecule has 2 atom stereocenters. The Hall–Kier alpha value is -0.160. The topological polar surface area (TPSA) is 42.5 Å². The average molecular weight is 341 g/mol. The van der Waals surface area contributed by atoms with Gasteiger partial charge in [-0.25, -0.2) is 0 Å². The number of hydrogen-bond donors (Lipinski definition) is 2. The molecule has 2 fully saturated rings. The molecule has 2 aliphatic carbocycles. The van der Waals surface area contributed by atoms with Crippen LogP contribution in [0.3, 0.4) is 0 Å². The summed E-state index contributed by atoms with van der Waals surface area (Å²) in [6.45, 7) is 3.54. The Morgan fingerprint density at radius 1 is 0.667 bits per heavy atom. The van der Waals surface area contributed by atoms with Crippen molar-refractivity contribution in [3.05, 3.63) is 0 Å². The molecule has 0 heterocycles. The Bertz CT molecular complexity index is 272. The van der Waals surface area contributed by atoms with Gasteiger partial charge in [-0.15, -0.1) is 0 Å². The van der Waals surface area contributed by atoms with Crippen LogP contribution >= 0.6 is 0 Å². The molecule has 0 aliphatic heterocycles. The van der Waals surface area contributed by atoms with Gasteiger partial charge in [-0.3, -0.25) is 0 Å². The second-order valence-electron chi connectivity index (χ2n) is 7.74. The smallest absolute Gasteiger partial charge is 0.0587 e. The van der Waals surface area contributed by atoms with Crippen molar-refractivity contribution in [2.24, 2.45) is 11.8 Å². The maximum Gasteiger partial charge on any atom is 0.0587 e.